The highest BCUT2D eigenvalue weighted by atomic mass is 35.5. The molecule has 35 heavy (non-hydrogen) atoms. The summed E-state index contributed by atoms with van der Waals surface area (Å²) in [6.07, 6.45) is 1.86. The lowest BCUT2D eigenvalue weighted by Crippen LogP contribution is -2.27. The smallest absolute Gasteiger partial charge is 0.259 e. The quantitative estimate of drug-likeness (QED) is 0.274. The van der Waals surface area contributed by atoms with Gasteiger partial charge >= 0.3 is 0 Å². The molecule has 0 saturated carbocycles. The molecule has 0 saturated heterocycles. The summed E-state index contributed by atoms with van der Waals surface area (Å²) in [7, 11) is 3.44. The number of hydrogen-bond acceptors (Lipinski definition) is 4. The Morgan fingerprint density at radius 3 is 2.23 bits per heavy atom. The first-order valence-corrected chi connectivity index (χ1v) is 12.8. The van der Waals surface area contributed by atoms with E-state index in [1.165, 1.54) is 4.90 Å². The summed E-state index contributed by atoms with van der Waals surface area (Å²) in [5, 5.41) is 1.17. The number of likely N-dealkylation sites (N-methyl/N-ethyl adjacent to an activating group) is 1. The zero-order chi connectivity index (χ0) is 26.4. The molecule has 0 aliphatic carbocycles. The number of rotatable bonds is 12. The van der Waals surface area contributed by atoms with Crippen LogP contribution in [0.1, 0.15) is 52.0 Å². The number of hydrogen-bond donors (Lipinski definition) is 0. The lowest BCUT2D eigenvalue weighted by Gasteiger charge is -2.23. The predicted molar refractivity (Wildman–Crippen MR) is 148 cm³/mol. The van der Waals surface area contributed by atoms with Crippen molar-refractivity contribution in [2.24, 2.45) is 0 Å². The van der Waals surface area contributed by atoms with Crippen molar-refractivity contribution < 1.29 is 14.3 Å². The monoisotopic (exact) mass is 522 g/mol. The molecular weight excluding hydrogens is 483 g/mol. The van der Waals surface area contributed by atoms with E-state index in [-0.39, 0.29) is 12.5 Å². The zero-order valence-electron chi connectivity index (χ0n) is 21.9. The maximum Gasteiger partial charge on any atom is 0.259 e. The van der Waals surface area contributed by atoms with E-state index in [4.69, 9.17) is 32.7 Å². The molecule has 0 bridgehead atoms. The second kappa shape index (κ2) is 16.3. The number of para-hydroxylation sites is 1. The summed E-state index contributed by atoms with van der Waals surface area (Å²) < 4.78 is 11.2. The van der Waals surface area contributed by atoms with Gasteiger partial charge in [0.15, 0.2) is 6.61 Å². The van der Waals surface area contributed by atoms with Gasteiger partial charge in [-0.05, 0) is 62.4 Å². The summed E-state index contributed by atoms with van der Waals surface area (Å²) >= 11 is 11.9. The average molecular weight is 524 g/mol. The van der Waals surface area contributed by atoms with Crippen LogP contribution in [-0.4, -0.2) is 56.1 Å². The van der Waals surface area contributed by atoms with Crippen LogP contribution in [0.25, 0.3) is 0 Å². The molecule has 0 unspecified atom stereocenters. The molecule has 0 atom stereocenters. The van der Waals surface area contributed by atoms with Crippen LogP contribution < -0.4 is 9.47 Å². The van der Waals surface area contributed by atoms with Crippen LogP contribution in [0.2, 0.25) is 10.0 Å². The van der Waals surface area contributed by atoms with Crippen molar-refractivity contribution in [3.05, 3.63) is 70.3 Å². The lowest BCUT2D eigenvalue weighted by atomic mass is 10.0. The van der Waals surface area contributed by atoms with Crippen LogP contribution in [0, 0.1) is 0 Å². The Kier molecular flexibility index (Phi) is 14.3. The third-order valence-corrected chi connectivity index (χ3v) is 5.89. The number of amides is 1. The van der Waals surface area contributed by atoms with Crippen molar-refractivity contribution in [2.75, 3.05) is 40.4 Å². The molecule has 7 heteroatoms. The van der Waals surface area contributed by atoms with Crippen LogP contribution >= 0.6 is 23.2 Å². The van der Waals surface area contributed by atoms with Gasteiger partial charge in [-0.3, -0.25) is 4.79 Å². The van der Waals surface area contributed by atoms with Crippen LogP contribution in [-0.2, 0) is 4.79 Å². The van der Waals surface area contributed by atoms with E-state index in [1.54, 1.807) is 32.3 Å². The Hall–Kier alpha value is -2.37. The van der Waals surface area contributed by atoms with Crippen molar-refractivity contribution >= 4 is 29.1 Å². The Balaban J connectivity index is 0.000000355. The van der Waals surface area contributed by atoms with Crippen LogP contribution in [0.4, 0.5) is 0 Å². The maximum atomic E-state index is 11.4. The van der Waals surface area contributed by atoms with Gasteiger partial charge in [-0.15, -0.1) is 0 Å². The van der Waals surface area contributed by atoms with Crippen LogP contribution in [0.15, 0.2) is 54.7 Å². The second-order valence-electron chi connectivity index (χ2n) is 8.53. The number of carbonyl (C=O) groups excluding carboxylic acids is 1. The molecule has 2 rings (SSSR count). The molecule has 0 aliphatic rings. The minimum Gasteiger partial charge on any atom is -0.492 e. The number of halogens is 2. The van der Waals surface area contributed by atoms with Gasteiger partial charge in [0.05, 0.1) is 11.6 Å². The zero-order valence-corrected chi connectivity index (χ0v) is 23.5. The fraction of sp³-hybridized carbons (Fsp3) is 0.464. The SMILES string of the molecule is C=C(CCCOc1ccc(Cl)cc1Cl)N(CC)CC.CC(C)c1ccccc1OCC(=O)N(C)C. The Bertz CT molecular complexity index is 928. The molecule has 0 spiro atoms. The standard InChI is InChI=1S/C15H21Cl2NO.C13H19NO2/c1-4-18(5-2)12(3)7-6-10-19-15-9-8-13(16)11-14(15)17;1-10(2)11-7-5-6-8-12(11)16-9-13(15)14(3)4/h8-9,11H,3-7,10H2,1-2H3;5-8,10H,9H2,1-4H3. The van der Waals surface area contributed by atoms with E-state index in [0.717, 1.165) is 42.9 Å². The number of benzene rings is 2. The van der Waals surface area contributed by atoms with E-state index >= 15 is 0 Å². The molecule has 0 heterocycles. The summed E-state index contributed by atoms with van der Waals surface area (Å²) in [5.41, 5.74) is 2.30. The van der Waals surface area contributed by atoms with Crippen LogP contribution in [0.5, 0.6) is 11.5 Å². The normalized spacial score (nSPS) is 10.3. The highest BCUT2D eigenvalue weighted by molar-refractivity contribution is 6.35. The molecule has 5 nitrogen and oxygen atoms in total. The Morgan fingerprint density at radius 1 is 1.00 bits per heavy atom. The topological polar surface area (TPSA) is 42.0 Å². The predicted octanol–water partition coefficient (Wildman–Crippen LogP) is 7.28. The first kappa shape index (κ1) is 30.7. The van der Waals surface area contributed by atoms with Crippen LogP contribution in [0.3, 0.4) is 0 Å². The second-order valence-corrected chi connectivity index (χ2v) is 9.38. The number of allylic oxidation sites excluding steroid dienone is 1. The molecule has 1 amide bonds. The third kappa shape index (κ3) is 11.3. The molecular formula is C28H40Cl2N2O3. The van der Waals surface area contributed by atoms with Crippen molar-refractivity contribution in [3.63, 3.8) is 0 Å². The van der Waals surface area contributed by atoms with E-state index in [2.05, 4.69) is 39.2 Å². The molecule has 0 N–H and O–H groups in total. The van der Waals surface area contributed by atoms with Gasteiger partial charge in [0.1, 0.15) is 11.5 Å². The van der Waals surface area contributed by atoms with E-state index in [0.29, 0.717) is 28.3 Å². The van der Waals surface area contributed by atoms with Gasteiger partial charge in [0.2, 0.25) is 0 Å². The fourth-order valence-corrected chi connectivity index (χ4v) is 3.70. The molecule has 0 aromatic heterocycles. The van der Waals surface area contributed by atoms with Crippen molar-refractivity contribution in [3.8, 4) is 11.5 Å². The minimum atomic E-state index is -0.0291. The van der Waals surface area contributed by atoms with Gasteiger partial charge in [-0.1, -0.05) is 61.8 Å². The van der Waals surface area contributed by atoms with Crippen molar-refractivity contribution in [1.82, 2.24) is 9.80 Å². The van der Waals surface area contributed by atoms with E-state index in [9.17, 15) is 4.79 Å². The van der Waals surface area contributed by atoms with Crippen molar-refractivity contribution in [2.45, 2.75) is 46.5 Å². The lowest BCUT2D eigenvalue weighted by molar-refractivity contribution is -0.130. The highest BCUT2D eigenvalue weighted by Gasteiger charge is 2.10. The summed E-state index contributed by atoms with van der Waals surface area (Å²) in [4.78, 5) is 15.2. The maximum absolute atomic E-state index is 11.4. The molecule has 0 fully saturated rings. The minimum absolute atomic E-state index is 0.0291. The summed E-state index contributed by atoms with van der Waals surface area (Å²) in [6.45, 7) is 15.3. The number of carbonyl (C=O) groups is 1. The van der Waals surface area contributed by atoms with E-state index < -0.39 is 0 Å². The molecule has 2 aromatic carbocycles. The van der Waals surface area contributed by atoms with Crippen molar-refractivity contribution in [1.29, 1.82) is 0 Å². The molecule has 0 aliphatic heterocycles. The summed E-state index contributed by atoms with van der Waals surface area (Å²) in [5.74, 6) is 1.84. The van der Waals surface area contributed by atoms with Gasteiger partial charge in [0, 0.05) is 37.9 Å². The Morgan fingerprint density at radius 2 is 1.66 bits per heavy atom. The average Bonchev–Trinajstić information content (AvgIpc) is 2.82. The molecule has 0 radical (unpaired) electrons. The van der Waals surface area contributed by atoms with Gasteiger partial charge < -0.3 is 19.3 Å². The largest absolute Gasteiger partial charge is 0.492 e. The first-order chi connectivity index (χ1) is 16.6. The molecule has 2 aromatic rings. The fourth-order valence-electron chi connectivity index (χ4n) is 3.24. The van der Waals surface area contributed by atoms with Gasteiger partial charge in [0.25, 0.3) is 5.91 Å². The Labute approximate surface area is 221 Å². The van der Waals surface area contributed by atoms with E-state index in [1.807, 2.05) is 24.3 Å². The first-order valence-electron chi connectivity index (χ1n) is 12.0. The highest BCUT2D eigenvalue weighted by Crippen LogP contribution is 2.28. The third-order valence-electron chi connectivity index (χ3n) is 5.36. The summed E-state index contributed by atoms with van der Waals surface area (Å²) in [6, 6.07) is 13.1. The van der Waals surface area contributed by atoms with Gasteiger partial charge in [-0.2, -0.15) is 0 Å². The number of ether oxygens (including phenoxy) is 2. The number of nitrogens with zero attached hydrogens (tertiary/aromatic N) is 2. The van der Waals surface area contributed by atoms with Gasteiger partial charge in [-0.25, -0.2) is 0 Å². The molecule has 194 valence electrons.